The van der Waals surface area contributed by atoms with E-state index >= 15 is 0 Å². The van der Waals surface area contributed by atoms with Crippen molar-refractivity contribution in [2.75, 3.05) is 26.8 Å². The van der Waals surface area contributed by atoms with E-state index < -0.39 is 0 Å². The van der Waals surface area contributed by atoms with Gasteiger partial charge >= 0.3 is 0 Å². The Balaban J connectivity index is 2.45. The largest absolute Gasteiger partial charge is 0.380 e. The SMILES string of the molecule is CCOCC(C)N(C)C1CCCCC1CN. The highest BCUT2D eigenvalue weighted by Crippen LogP contribution is 2.28. The quantitative estimate of drug-likeness (QED) is 0.754. The highest BCUT2D eigenvalue weighted by Gasteiger charge is 2.29. The van der Waals surface area contributed by atoms with Crippen LogP contribution in [0, 0.1) is 5.92 Å². The Morgan fingerprint density at radius 2 is 2.06 bits per heavy atom. The van der Waals surface area contributed by atoms with Crippen molar-refractivity contribution in [3.8, 4) is 0 Å². The molecule has 3 heteroatoms. The molecule has 0 aliphatic heterocycles. The Morgan fingerprint density at radius 1 is 1.38 bits per heavy atom. The first-order valence-corrected chi connectivity index (χ1v) is 6.70. The first-order valence-electron chi connectivity index (χ1n) is 6.70. The molecule has 0 aromatic carbocycles. The minimum absolute atomic E-state index is 0.497. The summed E-state index contributed by atoms with van der Waals surface area (Å²) in [6.45, 7) is 6.77. The van der Waals surface area contributed by atoms with Gasteiger partial charge in [-0.05, 0) is 46.2 Å². The van der Waals surface area contributed by atoms with Gasteiger partial charge in [0.25, 0.3) is 0 Å². The van der Waals surface area contributed by atoms with E-state index in [1.165, 1.54) is 25.7 Å². The predicted molar refractivity (Wildman–Crippen MR) is 68.5 cm³/mol. The van der Waals surface area contributed by atoms with Crippen LogP contribution in [0.1, 0.15) is 39.5 Å². The smallest absolute Gasteiger partial charge is 0.0618 e. The number of hydrogen-bond acceptors (Lipinski definition) is 3. The molecule has 0 aromatic heterocycles. The topological polar surface area (TPSA) is 38.5 Å². The summed E-state index contributed by atoms with van der Waals surface area (Å²) in [5.41, 5.74) is 5.87. The van der Waals surface area contributed by atoms with Crippen LogP contribution in [-0.2, 0) is 4.74 Å². The van der Waals surface area contributed by atoms with Gasteiger partial charge < -0.3 is 10.5 Å². The zero-order valence-electron chi connectivity index (χ0n) is 11.1. The van der Waals surface area contributed by atoms with Gasteiger partial charge in [-0.3, -0.25) is 4.90 Å². The molecule has 0 radical (unpaired) electrons. The van der Waals surface area contributed by atoms with Crippen LogP contribution in [-0.4, -0.2) is 43.8 Å². The van der Waals surface area contributed by atoms with Gasteiger partial charge in [0.2, 0.25) is 0 Å². The first-order chi connectivity index (χ1) is 7.70. The van der Waals surface area contributed by atoms with Gasteiger partial charge in [0.15, 0.2) is 0 Å². The minimum atomic E-state index is 0.497. The summed E-state index contributed by atoms with van der Waals surface area (Å²) in [5.74, 6) is 0.683. The second-order valence-electron chi connectivity index (χ2n) is 5.02. The van der Waals surface area contributed by atoms with Crippen molar-refractivity contribution in [2.45, 2.75) is 51.6 Å². The Hall–Kier alpha value is -0.120. The maximum atomic E-state index is 5.87. The van der Waals surface area contributed by atoms with E-state index in [-0.39, 0.29) is 0 Å². The summed E-state index contributed by atoms with van der Waals surface area (Å²) in [5, 5.41) is 0. The standard InChI is InChI=1S/C13H28N2O/c1-4-16-10-11(2)15(3)13-8-6-5-7-12(13)9-14/h11-13H,4-10,14H2,1-3H3. The average Bonchev–Trinajstić information content (AvgIpc) is 2.34. The molecule has 16 heavy (non-hydrogen) atoms. The van der Waals surface area contributed by atoms with E-state index in [2.05, 4.69) is 25.8 Å². The van der Waals surface area contributed by atoms with Crippen molar-refractivity contribution in [3.05, 3.63) is 0 Å². The molecule has 1 saturated carbocycles. The lowest BCUT2D eigenvalue weighted by Crippen LogP contribution is -2.48. The van der Waals surface area contributed by atoms with E-state index in [0.29, 0.717) is 18.0 Å². The Kier molecular flexibility index (Phi) is 6.32. The van der Waals surface area contributed by atoms with Gasteiger partial charge in [-0.2, -0.15) is 0 Å². The third-order valence-electron chi connectivity index (χ3n) is 3.95. The lowest BCUT2D eigenvalue weighted by atomic mass is 9.83. The number of hydrogen-bond donors (Lipinski definition) is 1. The highest BCUT2D eigenvalue weighted by molar-refractivity contribution is 4.84. The molecule has 1 aliphatic carbocycles. The van der Waals surface area contributed by atoms with Crippen molar-refractivity contribution < 1.29 is 4.74 Å². The highest BCUT2D eigenvalue weighted by atomic mass is 16.5. The summed E-state index contributed by atoms with van der Waals surface area (Å²) in [6, 6.07) is 1.16. The van der Waals surface area contributed by atoms with Crippen LogP contribution in [0.5, 0.6) is 0 Å². The van der Waals surface area contributed by atoms with Gasteiger partial charge in [-0.15, -0.1) is 0 Å². The first kappa shape index (κ1) is 13.9. The number of nitrogens with two attached hydrogens (primary N) is 1. The zero-order chi connectivity index (χ0) is 12.0. The molecular formula is C13H28N2O. The van der Waals surface area contributed by atoms with Gasteiger partial charge in [0.05, 0.1) is 6.61 Å². The fraction of sp³-hybridized carbons (Fsp3) is 1.00. The summed E-state index contributed by atoms with van der Waals surface area (Å²) in [6.07, 6.45) is 5.31. The molecular weight excluding hydrogens is 200 g/mol. The fourth-order valence-electron chi connectivity index (χ4n) is 2.73. The van der Waals surface area contributed by atoms with Gasteiger partial charge in [-0.25, -0.2) is 0 Å². The molecule has 0 bridgehead atoms. The normalized spacial score (nSPS) is 28.3. The molecule has 0 heterocycles. The maximum absolute atomic E-state index is 5.87. The second kappa shape index (κ2) is 7.25. The average molecular weight is 228 g/mol. The van der Waals surface area contributed by atoms with E-state index in [1.54, 1.807) is 0 Å². The Bertz CT molecular complexity index is 187. The molecule has 1 aliphatic rings. The molecule has 3 nitrogen and oxygen atoms in total. The molecule has 2 N–H and O–H groups in total. The minimum Gasteiger partial charge on any atom is -0.380 e. The summed E-state index contributed by atoms with van der Waals surface area (Å²) in [4.78, 5) is 2.48. The number of rotatable bonds is 6. The number of ether oxygens (including phenoxy) is 1. The fourth-order valence-corrected chi connectivity index (χ4v) is 2.73. The van der Waals surface area contributed by atoms with E-state index in [1.807, 2.05) is 0 Å². The number of likely N-dealkylation sites (N-methyl/N-ethyl adjacent to an activating group) is 1. The molecule has 0 saturated heterocycles. The van der Waals surface area contributed by atoms with Crippen molar-refractivity contribution >= 4 is 0 Å². The Morgan fingerprint density at radius 3 is 2.69 bits per heavy atom. The van der Waals surface area contributed by atoms with Crippen LogP contribution < -0.4 is 5.73 Å². The van der Waals surface area contributed by atoms with Crippen LogP contribution in [0.4, 0.5) is 0 Å². The van der Waals surface area contributed by atoms with Crippen molar-refractivity contribution in [3.63, 3.8) is 0 Å². The third-order valence-corrected chi connectivity index (χ3v) is 3.95. The molecule has 0 aromatic rings. The zero-order valence-corrected chi connectivity index (χ0v) is 11.1. The molecule has 3 atom stereocenters. The second-order valence-corrected chi connectivity index (χ2v) is 5.02. The van der Waals surface area contributed by atoms with Crippen LogP contribution in [0.15, 0.2) is 0 Å². The van der Waals surface area contributed by atoms with Crippen molar-refractivity contribution in [1.29, 1.82) is 0 Å². The van der Waals surface area contributed by atoms with Gasteiger partial charge in [0, 0.05) is 18.7 Å². The van der Waals surface area contributed by atoms with Crippen LogP contribution in [0.2, 0.25) is 0 Å². The monoisotopic (exact) mass is 228 g/mol. The lowest BCUT2D eigenvalue weighted by molar-refractivity contribution is 0.0382. The predicted octanol–water partition coefficient (Wildman–Crippen LogP) is 1.86. The van der Waals surface area contributed by atoms with Crippen LogP contribution in [0.25, 0.3) is 0 Å². The molecule has 3 unspecified atom stereocenters. The van der Waals surface area contributed by atoms with Crippen molar-refractivity contribution in [1.82, 2.24) is 4.90 Å². The van der Waals surface area contributed by atoms with Gasteiger partial charge in [-0.1, -0.05) is 12.8 Å². The third kappa shape index (κ3) is 3.72. The van der Waals surface area contributed by atoms with E-state index in [9.17, 15) is 0 Å². The summed E-state index contributed by atoms with van der Waals surface area (Å²) in [7, 11) is 2.22. The van der Waals surface area contributed by atoms with E-state index in [4.69, 9.17) is 10.5 Å². The lowest BCUT2D eigenvalue weighted by Gasteiger charge is -2.40. The molecule has 96 valence electrons. The van der Waals surface area contributed by atoms with Crippen LogP contribution >= 0.6 is 0 Å². The summed E-state index contributed by atoms with van der Waals surface area (Å²) < 4.78 is 5.50. The van der Waals surface area contributed by atoms with E-state index in [0.717, 1.165) is 19.8 Å². The van der Waals surface area contributed by atoms with Crippen molar-refractivity contribution in [2.24, 2.45) is 11.7 Å². The molecule has 0 amide bonds. The summed E-state index contributed by atoms with van der Waals surface area (Å²) >= 11 is 0. The number of nitrogens with zero attached hydrogens (tertiary/aromatic N) is 1. The molecule has 1 fully saturated rings. The molecule has 0 spiro atoms. The molecule has 1 rings (SSSR count). The Labute approximate surface area is 100 Å². The maximum Gasteiger partial charge on any atom is 0.0618 e. The van der Waals surface area contributed by atoms with Gasteiger partial charge in [0.1, 0.15) is 0 Å². The van der Waals surface area contributed by atoms with Crippen LogP contribution in [0.3, 0.4) is 0 Å².